The summed E-state index contributed by atoms with van der Waals surface area (Å²) in [5.41, 5.74) is 2.02. The summed E-state index contributed by atoms with van der Waals surface area (Å²) < 4.78 is 0. The van der Waals surface area contributed by atoms with Crippen molar-refractivity contribution < 1.29 is 14.4 Å². The van der Waals surface area contributed by atoms with Crippen LogP contribution in [0.5, 0.6) is 0 Å². The highest BCUT2D eigenvalue weighted by molar-refractivity contribution is 7.99. The van der Waals surface area contributed by atoms with Gasteiger partial charge in [-0.15, -0.1) is 0 Å². The first-order valence-corrected chi connectivity index (χ1v) is 9.80. The SMILES string of the molecule is C=CC(=O)N(CC)CC(=O)Nc1cc(C(=O)N2CCSCC2)ccc1C. The third-order valence-electron chi connectivity index (χ3n) is 4.26. The van der Waals surface area contributed by atoms with Crippen LogP contribution in [0.1, 0.15) is 22.8 Å². The monoisotopic (exact) mass is 375 g/mol. The van der Waals surface area contributed by atoms with Crippen LogP contribution in [0.2, 0.25) is 0 Å². The van der Waals surface area contributed by atoms with Crippen LogP contribution in [0.4, 0.5) is 5.69 Å². The van der Waals surface area contributed by atoms with E-state index in [1.54, 1.807) is 19.1 Å². The molecular weight excluding hydrogens is 350 g/mol. The van der Waals surface area contributed by atoms with Crippen molar-refractivity contribution in [3.63, 3.8) is 0 Å². The number of hydrogen-bond acceptors (Lipinski definition) is 4. The lowest BCUT2D eigenvalue weighted by molar-refractivity contribution is -0.130. The lowest BCUT2D eigenvalue weighted by atomic mass is 10.1. The summed E-state index contributed by atoms with van der Waals surface area (Å²) in [6.07, 6.45) is 1.19. The van der Waals surface area contributed by atoms with Gasteiger partial charge in [0.1, 0.15) is 6.54 Å². The van der Waals surface area contributed by atoms with Crippen molar-refractivity contribution in [2.45, 2.75) is 13.8 Å². The van der Waals surface area contributed by atoms with Crippen LogP contribution >= 0.6 is 11.8 Å². The topological polar surface area (TPSA) is 69.7 Å². The van der Waals surface area contributed by atoms with Crippen LogP contribution in [0.25, 0.3) is 0 Å². The molecule has 1 heterocycles. The second kappa shape index (κ2) is 9.43. The standard InChI is InChI=1S/C19H25N3O3S/c1-4-18(24)21(5-2)13-17(23)20-16-12-15(7-6-14(16)3)19(25)22-8-10-26-11-9-22/h4,6-7,12H,1,5,8-11,13H2,2-3H3,(H,20,23). The predicted molar refractivity (Wildman–Crippen MR) is 105 cm³/mol. The Morgan fingerprint density at radius 1 is 1.31 bits per heavy atom. The van der Waals surface area contributed by atoms with Crippen molar-refractivity contribution in [2.75, 3.05) is 43.0 Å². The molecule has 1 fully saturated rings. The maximum Gasteiger partial charge on any atom is 0.253 e. The zero-order chi connectivity index (χ0) is 19.1. The number of likely N-dealkylation sites (N-methyl/N-ethyl adjacent to an activating group) is 1. The van der Waals surface area contributed by atoms with Gasteiger partial charge in [0, 0.05) is 42.4 Å². The van der Waals surface area contributed by atoms with E-state index in [4.69, 9.17) is 0 Å². The minimum absolute atomic E-state index is 0.0159. The number of carbonyl (C=O) groups is 3. The van der Waals surface area contributed by atoms with Crippen LogP contribution < -0.4 is 5.32 Å². The molecule has 1 aliphatic rings. The van der Waals surface area contributed by atoms with Crippen molar-refractivity contribution in [3.05, 3.63) is 42.0 Å². The lowest BCUT2D eigenvalue weighted by Crippen LogP contribution is -2.38. The molecule has 3 amide bonds. The minimum atomic E-state index is -0.302. The van der Waals surface area contributed by atoms with Gasteiger partial charge >= 0.3 is 0 Å². The molecule has 1 aromatic carbocycles. The number of thioether (sulfide) groups is 1. The summed E-state index contributed by atoms with van der Waals surface area (Å²) in [5, 5.41) is 2.81. The summed E-state index contributed by atoms with van der Waals surface area (Å²) in [6.45, 7) is 8.97. The van der Waals surface area contributed by atoms with Gasteiger partial charge < -0.3 is 15.1 Å². The number of anilines is 1. The van der Waals surface area contributed by atoms with Crippen molar-refractivity contribution in [1.29, 1.82) is 0 Å². The van der Waals surface area contributed by atoms with Crippen LogP contribution in [-0.2, 0) is 9.59 Å². The smallest absolute Gasteiger partial charge is 0.253 e. The van der Waals surface area contributed by atoms with Gasteiger partial charge in [0.15, 0.2) is 0 Å². The zero-order valence-corrected chi connectivity index (χ0v) is 16.1. The molecule has 1 saturated heterocycles. The number of aryl methyl sites for hydroxylation is 1. The molecule has 1 aromatic rings. The van der Waals surface area contributed by atoms with Gasteiger partial charge in [-0.2, -0.15) is 11.8 Å². The highest BCUT2D eigenvalue weighted by Gasteiger charge is 2.20. The molecule has 6 nitrogen and oxygen atoms in total. The molecule has 0 unspecified atom stereocenters. The molecule has 1 N–H and O–H groups in total. The Balaban J connectivity index is 2.09. The normalized spacial score (nSPS) is 13.8. The number of hydrogen-bond donors (Lipinski definition) is 1. The second-order valence-electron chi connectivity index (χ2n) is 6.04. The quantitative estimate of drug-likeness (QED) is 0.774. The molecule has 0 aliphatic carbocycles. The number of amides is 3. The summed E-state index contributed by atoms with van der Waals surface area (Å²) in [7, 11) is 0. The molecular formula is C19H25N3O3S. The number of rotatable bonds is 6. The molecule has 140 valence electrons. The molecule has 2 rings (SSSR count). The van der Waals surface area contributed by atoms with Gasteiger partial charge in [0.25, 0.3) is 5.91 Å². The third kappa shape index (κ3) is 5.11. The zero-order valence-electron chi connectivity index (χ0n) is 15.3. The summed E-state index contributed by atoms with van der Waals surface area (Å²) in [4.78, 5) is 39.9. The number of nitrogens with one attached hydrogen (secondary N) is 1. The maximum atomic E-state index is 12.6. The molecule has 26 heavy (non-hydrogen) atoms. The van der Waals surface area contributed by atoms with Gasteiger partial charge in [-0.25, -0.2) is 0 Å². The van der Waals surface area contributed by atoms with Crippen LogP contribution in [0.15, 0.2) is 30.9 Å². The number of benzene rings is 1. The Morgan fingerprint density at radius 3 is 2.62 bits per heavy atom. The average Bonchev–Trinajstić information content (AvgIpc) is 2.67. The first-order valence-electron chi connectivity index (χ1n) is 8.65. The second-order valence-corrected chi connectivity index (χ2v) is 7.26. The first kappa shape index (κ1) is 20.0. The Bertz CT molecular complexity index is 699. The van der Waals surface area contributed by atoms with Gasteiger partial charge in [0.2, 0.25) is 11.8 Å². The number of nitrogens with zero attached hydrogens (tertiary/aromatic N) is 2. The molecule has 0 spiro atoms. The van der Waals surface area contributed by atoms with Gasteiger partial charge in [-0.3, -0.25) is 14.4 Å². The Morgan fingerprint density at radius 2 is 2.00 bits per heavy atom. The third-order valence-corrected chi connectivity index (χ3v) is 5.20. The fourth-order valence-electron chi connectivity index (χ4n) is 2.68. The van der Waals surface area contributed by atoms with Crippen LogP contribution in [-0.4, -0.2) is 65.2 Å². The Labute approximate surface area is 158 Å². The molecule has 0 radical (unpaired) electrons. The predicted octanol–water partition coefficient (Wildman–Crippen LogP) is 2.16. The van der Waals surface area contributed by atoms with E-state index < -0.39 is 0 Å². The van der Waals surface area contributed by atoms with E-state index in [0.717, 1.165) is 30.2 Å². The van der Waals surface area contributed by atoms with E-state index >= 15 is 0 Å². The van der Waals surface area contributed by atoms with E-state index in [2.05, 4.69) is 11.9 Å². The molecule has 0 aromatic heterocycles. The van der Waals surface area contributed by atoms with E-state index in [9.17, 15) is 14.4 Å². The minimum Gasteiger partial charge on any atom is -0.337 e. The molecule has 0 saturated carbocycles. The van der Waals surface area contributed by atoms with Crippen LogP contribution in [0, 0.1) is 6.92 Å². The Kier molecular flexibility index (Phi) is 7.26. The summed E-state index contributed by atoms with van der Waals surface area (Å²) >= 11 is 1.85. The van der Waals surface area contributed by atoms with Crippen molar-refractivity contribution >= 4 is 35.2 Å². The molecule has 0 bridgehead atoms. The Hall–Kier alpha value is -2.28. The fourth-order valence-corrected chi connectivity index (χ4v) is 3.58. The van der Waals surface area contributed by atoms with Gasteiger partial charge in [-0.1, -0.05) is 12.6 Å². The molecule has 0 atom stereocenters. The largest absolute Gasteiger partial charge is 0.337 e. The fraction of sp³-hybridized carbons (Fsp3) is 0.421. The summed E-state index contributed by atoms with van der Waals surface area (Å²) in [6, 6.07) is 5.33. The highest BCUT2D eigenvalue weighted by Crippen LogP contribution is 2.20. The van der Waals surface area contributed by atoms with Crippen molar-refractivity contribution in [1.82, 2.24) is 9.80 Å². The average molecular weight is 375 g/mol. The van der Waals surface area contributed by atoms with Crippen LogP contribution in [0.3, 0.4) is 0 Å². The number of carbonyl (C=O) groups excluding carboxylic acids is 3. The lowest BCUT2D eigenvalue weighted by Gasteiger charge is -2.26. The van der Waals surface area contributed by atoms with E-state index in [1.165, 1.54) is 11.0 Å². The van der Waals surface area contributed by atoms with Gasteiger partial charge in [-0.05, 0) is 37.6 Å². The summed E-state index contributed by atoms with van der Waals surface area (Å²) in [5.74, 6) is 1.30. The molecule has 1 aliphatic heterocycles. The maximum absolute atomic E-state index is 12.6. The van der Waals surface area contributed by atoms with Crippen molar-refractivity contribution in [3.8, 4) is 0 Å². The van der Waals surface area contributed by atoms with E-state index in [1.807, 2.05) is 29.7 Å². The van der Waals surface area contributed by atoms with E-state index in [0.29, 0.717) is 17.8 Å². The van der Waals surface area contributed by atoms with Crippen molar-refractivity contribution in [2.24, 2.45) is 0 Å². The molecule has 7 heteroatoms. The highest BCUT2D eigenvalue weighted by atomic mass is 32.2. The van der Waals surface area contributed by atoms with Gasteiger partial charge in [0.05, 0.1) is 0 Å². The van der Waals surface area contributed by atoms with E-state index in [-0.39, 0.29) is 24.3 Å². The first-order chi connectivity index (χ1) is 12.5.